The fraction of sp³-hybridized carbons (Fsp3) is 0.421. The van der Waals surface area contributed by atoms with Gasteiger partial charge in [-0.2, -0.15) is 0 Å². The first-order valence-corrected chi connectivity index (χ1v) is 8.82. The summed E-state index contributed by atoms with van der Waals surface area (Å²) in [7, 11) is 2.07. The number of furan rings is 1. The third kappa shape index (κ3) is 4.42. The van der Waals surface area contributed by atoms with Gasteiger partial charge in [-0.05, 0) is 32.2 Å². The lowest BCUT2D eigenvalue weighted by atomic mass is 10.1. The van der Waals surface area contributed by atoms with Crippen molar-refractivity contribution in [3.8, 4) is 11.3 Å². The highest BCUT2D eigenvalue weighted by atomic mass is 35.5. The zero-order chi connectivity index (χ0) is 17.8. The van der Waals surface area contributed by atoms with Crippen molar-refractivity contribution < 1.29 is 13.9 Å². The topological polar surface area (TPSA) is 54.7 Å². The largest absolute Gasteiger partial charge is 0.460 e. The van der Waals surface area contributed by atoms with Gasteiger partial charge in [0, 0.05) is 31.1 Å². The molecule has 25 heavy (non-hydrogen) atoms. The minimum absolute atomic E-state index is 0.133. The zero-order valence-corrected chi connectivity index (χ0v) is 15.3. The minimum atomic E-state index is -0.133. The number of likely N-dealkylation sites (N-methyl/N-ethyl adjacent to an activating group) is 1. The molecule has 5 nitrogen and oxygen atoms in total. The fourth-order valence-electron chi connectivity index (χ4n) is 3.01. The summed E-state index contributed by atoms with van der Waals surface area (Å²) in [5.41, 5.74) is 1.32. The Hall–Kier alpha value is -1.82. The van der Waals surface area contributed by atoms with E-state index < -0.39 is 0 Å². The quantitative estimate of drug-likeness (QED) is 0.907. The molecule has 0 aliphatic carbocycles. The predicted octanol–water partition coefficient (Wildman–Crippen LogP) is 3.22. The zero-order valence-electron chi connectivity index (χ0n) is 14.5. The van der Waals surface area contributed by atoms with Crippen molar-refractivity contribution >= 4 is 17.5 Å². The number of ether oxygens (including phenoxy) is 1. The Morgan fingerprint density at radius 1 is 1.40 bits per heavy atom. The van der Waals surface area contributed by atoms with Crippen LogP contribution in [0.15, 0.2) is 34.7 Å². The summed E-state index contributed by atoms with van der Waals surface area (Å²) >= 11 is 6.21. The summed E-state index contributed by atoms with van der Waals surface area (Å²) in [6.07, 6.45) is 0. The molecule has 2 heterocycles. The van der Waals surface area contributed by atoms with Gasteiger partial charge in [-0.3, -0.25) is 4.79 Å². The van der Waals surface area contributed by atoms with E-state index in [1.54, 1.807) is 19.1 Å². The van der Waals surface area contributed by atoms with Crippen LogP contribution in [0.1, 0.15) is 16.1 Å². The lowest BCUT2D eigenvalue weighted by Crippen LogP contribution is -2.35. The summed E-state index contributed by atoms with van der Waals surface area (Å²) < 4.78 is 11.3. The van der Waals surface area contributed by atoms with Crippen molar-refractivity contribution in [1.29, 1.82) is 0 Å². The van der Waals surface area contributed by atoms with Crippen LogP contribution in [-0.2, 0) is 4.74 Å². The van der Waals surface area contributed by atoms with Gasteiger partial charge in [0.1, 0.15) is 11.5 Å². The molecule has 1 amide bonds. The van der Waals surface area contributed by atoms with Crippen LogP contribution in [0.2, 0.25) is 5.02 Å². The fourth-order valence-corrected chi connectivity index (χ4v) is 3.24. The van der Waals surface area contributed by atoms with Crippen LogP contribution in [0.4, 0.5) is 0 Å². The van der Waals surface area contributed by atoms with E-state index in [-0.39, 0.29) is 11.8 Å². The van der Waals surface area contributed by atoms with Gasteiger partial charge in [0.05, 0.1) is 23.8 Å². The number of amides is 1. The van der Waals surface area contributed by atoms with Gasteiger partial charge in [0.2, 0.25) is 0 Å². The maximum Gasteiger partial charge on any atom is 0.254 e. The molecule has 1 fully saturated rings. The van der Waals surface area contributed by atoms with Gasteiger partial charge in [-0.25, -0.2) is 0 Å². The molecule has 6 heteroatoms. The van der Waals surface area contributed by atoms with E-state index in [2.05, 4.69) is 17.3 Å². The van der Waals surface area contributed by atoms with Crippen molar-refractivity contribution in [3.63, 3.8) is 0 Å². The molecule has 1 aromatic heterocycles. The molecule has 0 saturated carbocycles. The number of hydrogen-bond donors (Lipinski definition) is 1. The Kier molecular flexibility index (Phi) is 5.78. The first-order chi connectivity index (χ1) is 12.0. The second-order valence-corrected chi connectivity index (χ2v) is 6.88. The van der Waals surface area contributed by atoms with E-state index in [0.717, 1.165) is 25.3 Å². The second kappa shape index (κ2) is 8.04. The number of benzene rings is 1. The molecule has 0 spiro atoms. The van der Waals surface area contributed by atoms with Crippen LogP contribution in [-0.4, -0.2) is 50.7 Å². The van der Waals surface area contributed by atoms with Gasteiger partial charge < -0.3 is 19.4 Å². The number of hydrogen-bond acceptors (Lipinski definition) is 4. The Morgan fingerprint density at radius 3 is 3.00 bits per heavy atom. The van der Waals surface area contributed by atoms with Gasteiger partial charge in [0.25, 0.3) is 5.91 Å². The summed E-state index contributed by atoms with van der Waals surface area (Å²) in [6.45, 7) is 5.61. The smallest absolute Gasteiger partial charge is 0.254 e. The van der Waals surface area contributed by atoms with Crippen molar-refractivity contribution in [2.24, 2.45) is 5.92 Å². The molecule has 134 valence electrons. The standard InChI is InChI=1S/C19H23ClN2O3/c1-13-16(9-18(25-13)15-5-3-4-6-17(15)20)19(23)21-10-14-11-22(2)7-8-24-12-14/h3-6,9,14H,7-8,10-12H2,1-2H3,(H,21,23)/t14-/m0/s1. The first kappa shape index (κ1) is 18.0. The lowest BCUT2D eigenvalue weighted by Gasteiger charge is -2.19. The molecular formula is C19H23ClN2O3. The molecule has 1 N–H and O–H groups in total. The number of nitrogens with one attached hydrogen (secondary N) is 1. The van der Waals surface area contributed by atoms with Crippen LogP contribution in [0.5, 0.6) is 0 Å². The second-order valence-electron chi connectivity index (χ2n) is 6.47. The van der Waals surface area contributed by atoms with Gasteiger partial charge in [-0.15, -0.1) is 0 Å². The van der Waals surface area contributed by atoms with E-state index in [9.17, 15) is 4.79 Å². The molecule has 0 unspecified atom stereocenters. The number of nitrogens with zero attached hydrogens (tertiary/aromatic N) is 1. The van der Waals surface area contributed by atoms with Crippen molar-refractivity contribution in [2.45, 2.75) is 6.92 Å². The number of carbonyl (C=O) groups is 1. The number of carbonyl (C=O) groups excluding carboxylic acids is 1. The van der Waals surface area contributed by atoms with Crippen LogP contribution >= 0.6 is 11.6 Å². The summed E-state index contributed by atoms with van der Waals surface area (Å²) in [4.78, 5) is 14.8. The Morgan fingerprint density at radius 2 is 2.20 bits per heavy atom. The molecule has 1 aliphatic heterocycles. The van der Waals surface area contributed by atoms with E-state index in [1.165, 1.54) is 0 Å². The van der Waals surface area contributed by atoms with Crippen molar-refractivity contribution in [2.75, 3.05) is 39.9 Å². The van der Waals surface area contributed by atoms with Gasteiger partial charge in [-0.1, -0.05) is 23.7 Å². The van der Waals surface area contributed by atoms with Crippen LogP contribution < -0.4 is 5.32 Å². The van der Waals surface area contributed by atoms with Gasteiger partial charge >= 0.3 is 0 Å². The summed E-state index contributed by atoms with van der Waals surface area (Å²) in [6, 6.07) is 9.18. The Labute approximate surface area is 152 Å². The molecule has 1 aromatic carbocycles. The van der Waals surface area contributed by atoms with Gasteiger partial charge in [0.15, 0.2) is 0 Å². The highest BCUT2D eigenvalue weighted by Crippen LogP contribution is 2.30. The normalized spacial score (nSPS) is 18.8. The number of halogens is 1. The van der Waals surface area contributed by atoms with E-state index in [4.69, 9.17) is 20.8 Å². The molecule has 3 rings (SSSR count). The number of aryl methyl sites for hydroxylation is 1. The predicted molar refractivity (Wildman–Crippen MR) is 98.0 cm³/mol. The molecule has 1 saturated heterocycles. The van der Waals surface area contributed by atoms with Crippen LogP contribution in [0, 0.1) is 12.8 Å². The summed E-state index contributed by atoms with van der Waals surface area (Å²) in [5, 5.41) is 3.60. The molecule has 1 atom stereocenters. The number of rotatable bonds is 4. The van der Waals surface area contributed by atoms with Crippen LogP contribution in [0.25, 0.3) is 11.3 Å². The molecule has 2 aromatic rings. The molecule has 0 radical (unpaired) electrons. The highest BCUT2D eigenvalue weighted by Gasteiger charge is 2.20. The third-order valence-corrected chi connectivity index (χ3v) is 4.72. The van der Waals surface area contributed by atoms with E-state index >= 15 is 0 Å². The SMILES string of the molecule is Cc1oc(-c2ccccc2Cl)cc1C(=O)NC[C@@H]1COCCN(C)C1. The first-order valence-electron chi connectivity index (χ1n) is 8.44. The average Bonchev–Trinajstić information content (AvgIpc) is 2.85. The molecular weight excluding hydrogens is 340 g/mol. The highest BCUT2D eigenvalue weighted by molar-refractivity contribution is 6.33. The Balaban J connectivity index is 1.67. The van der Waals surface area contributed by atoms with Crippen molar-refractivity contribution in [1.82, 2.24) is 10.2 Å². The maximum absolute atomic E-state index is 12.5. The lowest BCUT2D eigenvalue weighted by molar-refractivity contribution is 0.0920. The summed E-state index contributed by atoms with van der Waals surface area (Å²) in [5.74, 6) is 1.34. The maximum atomic E-state index is 12.5. The van der Waals surface area contributed by atoms with Crippen LogP contribution in [0.3, 0.4) is 0 Å². The molecule has 1 aliphatic rings. The third-order valence-electron chi connectivity index (χ3n) is 4.39. The Bertz CT molecular complexity index is 744. The van der Waals surface area contributed by atoms with E-state index in [1.807, 2.05) is 18.2 Å². The minimum Gasteiger partial charge on any atom is -0.460 e. The van der Waals surface area contributed by atoms with Crippen molar-refractivity contribution in [3.05, 3.63) is 46.7 Å². The average molecular weight is 363 g/mol. The van der Waals surface area contributed by atoms with E-state index in [0.29, 0.717) is 35.3 Å². The molecule has 0 bridgehead atoms. The monoisotopic (exact) mass is 362 g/mol.